The van der Waals surface area contributed by atoms with Gasteiger partial charge in [-0.3, -0.25) is 0 Å². The van der Waals surface area contributed by atoms with Crippen LogP contribution in [0.5, 0.6) is 0 Å². The van der Waals surface area contributed by atoms with Crippen LogP contribution in [-0.4, -0.2) is 207 Å². The number of aliphatic hydroxyl groups excluding tert-OH is 10. The molecule has 0 aromatic heterocycles. The molecule has 3 saturated heterocycles. The Balaban J connectivity index is 0.928. The normalized spacial score (nSPS) is 53.0. The third kappa shape index (κ3) is 8.78. The second-order valence-electron chi connectivity index (χ2n) is 21.7. The summed E-state index contributed by atoms with van der Waals surface area (Å²) >= 11 is 0. The molecular formula is C47H80O19. The lowest BCUT2D eigenvalue weighted by Crippen LogP contribution is -2.74. The van der Waals surface area contributed by atoms with Crippen LogP contribution in [-0.2, 0) is 37.9 Å². The molecule has 7 fully saturated rings. The fourth-order valence-electron chi connectivity index (χ4n) is 14.1. The first-order chi connectivity index (χ1) is 31.0. The summed E-state index contributed by atoms with van der Waals surface area (Å²) in [6.07, 6.45) is -13.5. The third-order valence-corrected chi connectivity index (χ3v) is 18.1. The van der Waals surface area contributed by atoms with Crippen molar-refractivity contribution in [3.63, 3.8) is 0 Å². The van der Waals surface area contributed by atoms with Crippen LogP contribution in [0.2, 0.25) is 0 Å². The van der Waals surface area contributed by atoms with Gasteiger partial charge in [0.1, 0.15) is 54.9 Å². The Labute approximate surface area is 387 Å². The molecule has 0 spiro atoms. The van der Waals surface area contributed by atoms with Gasteiger partial charge in [0, 0.05) is 32.0 Å². The van der Waals surface area contributed by atoms with E-state index in [0.29, 0.717) is 32.1 Å². The topological polar surface area (TPSA) is 296 Å². The average Bonchev–Trinajstić information content (AvgIpc) is 3.42. The molecule has 0 aromatic carbocycles. The maximum Gasteiger partial charge on any atom is 0.186 e. The van der Waals surface area contributed by atoms with Gasteiger partial charge >= 0.3 is 0 Å². The number of allylic oxidation sites excluding steroid dienone is 2. The molecule has 19 nitrogen and oxygen atoms in total. The number of hydrogen-bond donors (Lipinski definition) is 11. The highest BCUT2D eigenvalue weighted by Gasteiger charge is 2.79. The maximum atomic E-state index is 12.9. The number of aliphatic hydroxyl groups is 11. The van der Waals surface area contributed by atoms with Crippen molar-refractivity contribution in [2.24, 2.45) is 51.8 Å². The Morgan fingerprint density at radius 1 is 0.636 bits per heavy atom. The molecule has 7 aliphatic rings. The molecule has 0 unspecified atom stereocenters. The second kappa shape index (κ2) is 20.2. The van der Waals surface area contributed by atoms with Crippen molar-refractivity contribution in [2.45, 2.75) is 190 Å². The molecular weight excluding hydrogens is 868 g/mol. The maximum absolute atomic E-state index is 12.9. The third-order valence-electron chi connectivity index (χ3n) is 18.1. The molecule has 11 N–H and O–H groups in total. The lowest BCUT2D eigenvalue weighted by atomic mass is 9.37. The van der Waals surface area contributed by atoms with E-state index in [9.17, 15) is 56.2 Å². The van der Waals surface area contributed by atoms with Gasteiger partial charge < -0.3 is 94.1 Å². The van der Waals surface area contributed by atoms with Crippen molar-refractivity contribution < 1.29 is 94.1 Å². The lowest BCUT2D eigenvalue weighted by Gasteiger charge is -2.70. The molecule has 26 atom stereocenters. The van der Waals surface area contributed by atoms with E-state index >= 15 is 0 Å². The Morgan fingerprint density at radius 2 is 1.24 bits per heavy atom. The van der Waals surface area contributed by atoms with Crippen molar-refractivity contribution in [2.75, 3.05) is 40.6 Å². The van der Waals surface area contributed by atoms with Crippen molar-refractivity contribution in [1.82, 2.24) is 0 Å². The first-order valence-electron chi connectivity index (χ1n) is 24.1. The number of methoxy groups -OCH3 is 2. The Hall–Kier alpha value is -1.02. The van der Waals surface area contributed by atoms with Gasteiger partial charge in [-0.25, -0.2) is 0 Å². The molecule has 0 amide bonds. The van der Waals surface area contributed by atoms with Gasteiger partial charge in [-0.15, -0.1) is 0 Å². The summed E-state index contributed by atoms with van der Waals surface area (Å²) in [4.78, 5) is 0. The standard InChI is InChI=1S/C47H80O19/c1-21(2)23(10-9-22(3)30-34(53)40(57)46(6)45(30,5)15-12-29-44(4)14-11-24(48)32(51)31(44)25(49)17-47(29,46)58)13-16-61-41-35(54)33(52)27(19-63-41)65-43-37(56)39(60-8)28(20-64-43)66-42-36(55)38(59-7)26(50)18-62-42/h9-10,21-43,48-58H,11-20H2,1-8H3/b10-9+/t22-,23-,24+,25+,26-,27-,28-,29-,30+,31+,32+,33+,34-,35-,36-,37-,38+,39+,40-,41-,42+,43+,44-,45-,46-,47+/m1/s1. The second-order valence-corrected chi connectivity index (χ2v) is 21.7. The van der Waals surface area contributed by atoms with Crippen LogP contribution in [0.1, 0.15) is 80.1 Å². The Kier molecular flexibility index (Phi) is 16.2. The predicted molar refractivity (Wildman–Crippen MR) is 231 cm³/mol. The van der Waals surface area contributed by atoms with Gasteiger partial charge in [-0.2, -0.15) is 0 Å². The van der Waals surface area contributed by atoms with Gasteiger partial charge in [-0.05, 0) is 72.5 Å². The SMILES string of the molecule is CO[C@@H]1[C@@H](O)[C@H](O[C@@H]2CO[C@@H](O[C@@H]3CO[C@@H](OCC[C@@H](/C=C/[C@@H](C)[C@H]4[C@@H](O)[C@@H](O)[C@]5(C)[C@]4(C)CC[C@@H]4[C@@]6(C)CC[C@H](O)[C@H](O)[C@@H]6[C@@H](O)C[C@]45O)C(C)C)[C@H](O)[C@H]3O)[C@H](O)[C@H]2OC)OC[C@H]1O. The number of ether oxygens (including phenoxy) is 8. The molecule has 0 aromatic rings. The fourth-order valence-corrected chi connectivity index (χ4v) is 14.1. The van der Waals surface area contributed by atoms with Crippen molar-refractivity contribution in [3.05, 3.63) is 12.2 Å². The highest BCUT2D eigenvalue weighted by Crippen LogP contribution is 2.74. The van der Waals surface area contributed by atoms with E-state index in [-0.39, 0.29) is 56.5 Å². The largest absolute Gasteiger partial charge is 0.393 e. The smallest absolute Gasteiger partial charge is 0.186 e. The van der Waals surface area contributed by atoms with E-state index in [4.69, 9.17) is 37.9 Å². The van der Waals surface area contributed by atoms with Crippen LogP contribution in [0.3, 0.4) is 0 Å². The molecule has 4 aliphatic carbocycles. The summed E-state index contributed by atoms with van der Waals surface area (Å²) < 4.78 is 45.4. The molecule has 382 valence electrons. The molecule has 19 heteroatoms. The summed E-state index contributed by atoms with van der Waals surface area (Å²) in [5.41, 5.74) is -4.17. The zero-order valence-corrected chi connectivity index (χ0v) is 39.7. The minimum Gasteiger partial charge on any atom is -0.393 e. The molecule has 4 saturated carbocycles. The van der Waals surface area contributed by atoms with Crippen molar-refractivity contribution >= 4 is 0 Å². The van der Waals surface area contributed by atoms with Crippen LogP contribution < -0.4 is 0 Å². The summed E-state index contributed by atoms with van der Waals surface area (Å²) in [7, 11) is 2.69. The first-order valence-corrected chi connectivity index (χ1v) is 24.1. The first kappa shape index (κ1) is 52.8. The molecule has 0 bridgehead atoms. The van der Waals surface area contributed by atoms with Gasteiger partial charge in [-0.1, -0.05) is 53.7 Å². The van der Waals surface area contributed by atoms with Gasteiger partial charge in [0.15, 0.2) is 18.9 Å². The van der Waals surface area contributed by atoms with Crippen molar-refractivity contribution in [1.29, 1.82) is 0 Å². The summed E-state index contributed by atoms with van der Waals surface area (Å²) in [6, 6.07) is 0. The predicted octanol–water partition coefficient (Wildman–Crippen LogP) is -1.06. The van der Waals surface area contributed by atoms with E-state index in [1.807, 2.05) is 27.7 Å². The zero-order valence-electron chi connectivity index (χ0n) is 39.7. The Bertz CT molecular complexity index is 1640. The molecule has 0 radical (unpaired) electrons. The number of fused-ring (bicyclic) bond motifs is 5. The van der Waals surface area contributed by atoms with Crippen molar-refractivity contribution in [3.8, 4) is 0 Å². The quantitative estimate of drug-likeness (QED) is 0.0926. The minimum atomic E-state index is -1.55. The van der Waals surface area contributed by atoms with Crippen LogP contribution in [0, 0.1) is 51.8 Å². The van der Waals surface area contributed by atoms with Crippen LogP contribution in [0.25, 0.3) is 0 Å². The van der Waals surface area contributed by atoms with E-state index in [1.54, 1.807) is 0 Å². The molecule has 66 heavy (non-hydrogen) atoms. The zero-order chi connectivity index (χ0) is 48.4. The highest BCUT2D eigenvalue weighted by atomic mass is 16.8. The summed E-state index contributed by atoms with van der Waals surface area (Å²) in [5, 5.41) is 124. The van der Waals surface area contributed by atoms with Gasteiger partial charge in [0.05, 0.1) is 62.5 Å². The summed E-state index contributed by atoms with van der Waals surface area (Å²) in [6.45, 7) is 11.7. The van der Waals surface area contributed by atoms with Crippen LogP contribution in [0.4, 0.5) is 0 Å². The highest BCUT2D eigenvalue weighted by molar-refractivity contribution is 5.28. The van der Waals surface area contributed by atoms with Crippen LogP contribution in [0.15, 0.2) is 12.2 Å². The molecule has 3 aliphatic heterocycles. The molecule has 7 rings (SSSR count). The Morgan fingerprint density at radius 3 is 1.89 bits per heavy atom. The van der Waals surface area contributed by atoms with E-state index in [1.165, 1.54) is 14.2 Å². The number of rotatable bonds is 14. The number of hydrogen-bond acceptors (Lipinski definition) is 19. The van der Waals surface area contributed by atoms with Gasteiger partial charge in [0.25, 0.3) is 0 Å². The van der Waals surface area contributed by atoms with E-state index in [2.05, 4.69) is 26.0 Å². The van der Waals surface area contributed by atoms with E-state index in [0.717, 1.165) is 0 Å². The fraction of sp³-hybridized carbons (Fsp3) is 0.957. The van der Waals surface area contributed by atoms with Gasteiger partial charge in [0.2, 0.25) is 0 Å². The minimum absolute atomic E-state index is 0.0114. The van der Waals surface area contributed by atoms with Crippen LogP contribution >= 0.6 is 0 Å². The molecule has 3 heterocycles. The summed E-state index contributed by atoms with van der Waals surface area (Å²) in [5.74, 6) is -1.52. The lowest BCUT2D eigenvalue weighted by molar-refractivity contribution is -0.351. The van der Waals surface area contributed by atoms with E-state index < -0.39 is 138 Å². The average molecular weight is 949 g/mol. The monoisotopic (exact) mass is 949 g/mol.